The van der Waals surface area contributed by atoms with Crippen LogP contribution in [0.15, 0.2) is 24.3 Å². The normalized spacial score (nSPS) is 12.7. The van der Waals surface area contributed by atoms with Crippen LogP contribution in [0.2, 0.25) is 0 Å². The van der Waals surface area contributed by atoms with Gasteiger partial charge >= 0.3 is 0 Å². The van der Waals surface area contributed by atoms with Crippen LogP contribution >= 0.6 is 0 Å². The monoisotopic (exact) mass is 428 g/mol. The minimum Gasteiger partial charge on any atom is -0.493 e. The number of ether oxygens (including phenoxy) is 2. The van der Waals surface area contributed by atoms with E-state index in [0.717, 1.165) is 38.5 Å². The van der Waals surface area contributed by atoms with Crippen LogP contribution in [0.5, 0.6) is 11.5 Å². The molecule has 2 unspecified atom stereocenters. The highest BCUT2D eigenvalue weighted by molar-refractivity contribution is 5.98. The number of rotatable bonds is 7. The zero-order valence-electron chi connectivity index (χ0n) is 16.6. The summed E-state index contributed by atoms with van der Waals surface area (Å²) < 4.78 is 65.2. The smallest absolute Gasteiger partial charge is 0.258 e. The largest absolute Gasteiger partial charge is 0.493 e. The Morgan fingerprint density at radius 3 is 1.30 bits per heavy atom. The van der Waals surface area contributed by atoms with Crippen molar-refractivity contribution in [3.05, 3.63) is 58.7 Å². The topological polar surface area (TPSA) is 76.7 Å². The fourth-order valence-corrected chi connectivity index (χ4v) is 2.70. The summed E-state index contributed by atoms with van der Waals surface area (Å²) in [6.45, 7) is 2.96. The summed E-state index contributed by atoms with van der Waals surface area (Å²) in [5, 5.41) is 4.82. The molecular weight excluding hydrogens is 408 g/mol. The zero-order valence-corrected chi connectivity index (χ0v) is 16.6. The highest BCUT2D eigenvalue weighted by atomic mass is 19.1. The summed E-state index contributed by atoms with van der Waals surface area (Å²) in [4.78, 5) is 24.9. The molecule has 2 amide bonds. The molecule has 0 aliphatic carbocycles. The second-order valence-electron chi connectivity index (χ2n) is 6.40. The Morgan fingerprint density at radius 1 is 0.700 bits per heavy atom. The van der Waals surface area contributed by atoms with Crippen molar-refractivity contribution in [2.75, 3.05) is 14.2 Å². The van der Waals surface area contributed by atoms with E-state index in [-0.39, 0.29) is 0 Å². The van der Waals surface area contributed by atoms with Gasteiger partial charge in [-0.25, -0.2) is 17.6 Å². The molecule has 6 nitrogen and oxygen atoms in total. The van der Waals surface area contributed by atoms with Crippen molar-refractivity contribution in [3.63, 3.8) is 0 Å². The first-order valence-corrected chi connectivity index (χ1v) is 8.78. The third kappa shape index (κ3) is 4.64. The number of methoxy groups -OCH3 is 2. The van der Waals surface area contributed by atoms with E-state index in [1.807, 2.05) is 0 Å². The first-order chi connectivity index (χ1) is 14.1. The molecule has 0 fully saturated rings. The third-order valence-corrected chi connectivity index (χ3v) is 4.45. The molecule has 0 saturated carbocycles. The van der Waals surface area contributed by atoms with Gasteiger partial charge in [-0.2, -0.15) is 0 Å². The van der Waals surface area contributed by atoms with Gasteiger partial charge in [-0.3, -0.25) is 9.59 Å². The van der Waals surface area contributed by atoms with Crippen LogP contribution in [-0.4, -0.2) is 38.1 Å². The van der Waals surface area contributed by atoms with E-state index < -0.39 is 69.8 Å². The standard InChI is InChI=1S/C20H20F4N2O4/c1-9(25-19(27)15-11(21)5-7-13(23)17(15)29-3)10(2)26-20(28)16-12(22)6-8-14(24)18(16)30-4/h5-10H,1-4H3,(H,25,27)(H,26,28). The third-order valence-electron chi connectivity index (χ3n) is 4.45. The molecule has 2 atom stereocenters. The maximum absolute atomic E-state index is 14.0. The lowest BCUT2D eigenvalue weighted by atomic mass is 10.1. The van der Waals surface area contributed by atoms with E-state index in [1.54, 1.807) is 0 Å². The van der Waals surface area contributed by atoms with Crippen LogP contribution in [-0.2, 0) is 0 Å². The molecule has 0 heterocycles. The number of carbonyl (C=O) groups is 2. The molecule has 0 aliphatic heterocycles. The van der Waals surface area contributed by atoms with E-state index >= 15 is 0 Å². The van der Waals surface area contributed by atoms with Crippen molar-refractivity contribution in [1.29, 1.82) is 0 Å². The summed E-state index contributed by atoms with van der Waals surface area (Å²) >= 11 is 0. The fourth-order valence-electron chi connectivity index (χ4n) is 2.70. The van der Waals surface area contributed by atoms with Crippen molar-refractivity contribution < 1.29 is 36.6 Å². The molecule has 2 N–H and O–H groups in total. The van der Waals surface area contributed by atoms with Gasteiger partial charge in [0.2, 0.25) is 0 Å². The van der Waals surface area contributed by atoms with Crippen LogP contribution in [0.4, 0.5) is 17.6 Å². The molecule has 30 heavy (non-hydrogen) atoms. The highest BCUT2D eigenvalue weighted by Crippen LogP contribution is 2.26. The Morgan fingerprint density at radius 2 is 1.00 bits per heavy atom. The van der Waals surface area contributed by atoms with Crippen LogP contribution in [0.25, 0.3) is 0 Å². The number of amides is 2. The van der Waals surface area contributed by atoms with Crippen molar-refractivity contribution >= 4 is 11.8 Å². The van der Waals surface area contributed by atoms with Crippen molar-refractivity contribution in [2.45, 2.75) is 25.9 Å². The Kier molecular flexibility index (Phi) is 7.25. The second kappa shape index (κ2) is 9.47. The predicted octanol–water partition coefficient (Wildman–Crippen LogP) is 3.20. The summed E-state index contributed by atoms with van der Waals surface area (Å²) in [6, 6.07) is 1.58. The summed E-state index contributed by atoms with van der Waals surface area (Å²) in [6.07, 6.45) is 0. The minimum atomic E-state index is -0.999. The van der Waals surface area contributed by atoms with E-state index in [4.69, 9.17) is 9.47 Å². The molecule has 2 rings (SSSR count). The maximum atomic E-state index is 14.0. The lowest BCUT2D eigenvalue weighted by Crippen LogP contribution is -2.49. The van der Waals surface area contributed by atoms with Crippen LogP contribution < -0.4 is 20.1 Å². The van der Waals surface area contributed by atoms with Gasteiger partial charge in [0.25, 0.3) is 11.8 Å². The Hall–Kier alpha value is -3.30. The summed E-state index contributed by atoms with van der Waals surface area (Å²) in [5.74, 6) is -6.94. The van der Waals surface area contributed by atoms with Crippen molar-refractivity contribution in [1.82, 2.24) is 10.6 Å². The molecule has 162 valence electrons. The zero-order chi connectivity index (χ0) is 22.6. The van der Waals surface area contributed by atoms with Gasteiger partial charge in [-0.05, 0) is 38.1 Å². The first kappa shape index (κ1) is 23.0. The number of hydrogen-bond donors (Lipinski definition) is 2. The van der Waals surface area contributed by atoms with Gasteiger partial charge in [0.15, 0.2) is 23.1 Å². The van der Waals surface area contributed by atoms with Gasteiger partial charge in [-0.1, -0.05) is 0 Å². The molecule has 0 spiro atoms. The SMILES string of the molecule is COc1c(F)ccc(F)c1C(=O)NC(C)C(C)NC(=O)c1c(F)ccc(F)c1OC. The van der Waals surface area contributed by atoms with Gasteiger partial charge in [0.1, 0.15) is 22.8 Å². The van der Waals surface area contributed by atoms with Gasteiger partial charge < -0.3 is 20.1 Å². The number of nitrogens with one attached hydrogen (secondary N) is 2. The second-order valence-corrected chi connectivity index (χ2v) is 6.40. The van der Waals surface area contributed by atoms with Gasteiger partial charge in [-0.15, -0.1) is 0 Å². The predicted molar refractivity (Wildman–Crippen MR) is 99.7 cm³/mol. The van der Waals surface area contributed by atoms with E-state index in [0.29, 0.717) is 0 Å². The molecular formula is C20H20F4N2O4. The summed E-state index contributed by atoms with van der Waals surface area (Å²) in [7, 11) is 2.17. The lowest BCUT2D eigenvalue weighted by molar-refractivity contribution is 0.0882. The average molecular weight is 428 g/mol. The molecule has 2 aromatic rings. The number of halogens is 4. The maximum Gasteiger partial charge on any atom is 0.258 e. The molecule has 0 radical (unpaired) electrons. The van der Waals surface area contributed by atoms with Gasteiger partial charge in [0.05, 0.1) is 14.2 Å². The average Bonchev–Trinajstić information content (AvgIpc) is 2.70. The Bertz CT molecular complexity index is 891. The fraction of sp³-hybridized carbons (Fsp3) is 0.300. The number of hydrogen-bond acceptors (Lipinski definition) is 4. The molecule has 0 saturated heterocycles. The Balaban J connectivity index is 2.17. The number of benzene rings is 2. The quantitative estimate of drug-likeness (QED) is 0.665. The molecule has 0 aliphatic rings. The Labute approximate surface area is 170 Å². The van der Waals surface area contributed by atoms with Crippen LogP contribution in [0.1, 0.15) is 34.6 Å². The van der Waals surface area contributed by atoms with Crippen LogP contribution in [0.3, 0.4) is 0 Å². The number of carbonyl (C=O) groups excluding carboxylic acids is 2. The molecule has 0 bridgehead atoms. The highest BCUT2D eigenvalue weighted by Gasteiger charge is 2.27. The molecule has 10 heteroatoms. The lowest BCUT2D eigenvalue weighted by Gasteiger charge is -2.23. The van der Waals surface area contributed by atoms with Crippen LogP contribution in [0, 0.1) is 23.3 Å². The minimum absolute atomic E-state index is 0.567. The van der Waals surface area contributed by atoms with E-state index in [1.165, 1.54) is 13.8 Å². The van der Waals surface area contributed by atoms with Crippen molar-refractivity contribution in [2.24, 2.45) is 0 Å². The van der Waals surface area contributed by atoms with Gasteiger partial charge in [0, 0.05) is 12.1 Å². The first-order valence-electron chi connectivity index (χ1n) is 8.78. The molecule has 0 aromatic heterocycles. The van der Waals surface area contributed by atoms with Crippen molar-refractivity contribution in [3.8, 4) is 11.5 Å². The van der Waals surface area contributed by atoms with E-state index in [9.17, 15) is 27.2 Å². The van der Waals surface area contributed by atoms with E-state index in [2.05, 4.69) is 10.6 Å². The molecule has 2 aromatic carbocycles. The summed E-state index contributed by atoms with van der Waals surface area (Å²) in [5.41, 5.74) is -1.28.